The van der Waals surface area contributed by atoms with Crippen LogP contribution in [-0.2, 0) is 26.1 Å². The van der Waals surface area contributed by atoms with Gasteiger partial charge in [-0.15, -0.1) is 11.3 Å². The number of carbonyl (C=O) groups excluding carboxylic acids is 2. The van der Waals surface area contributed by atoms with E-state index in [2.05, 4.69) is 10.3 Å². The molecule has 1 amide bonds. The van der Waals surface area contributed by atoms with Gasteiger partial charge in [-0.25, -0.2) is 22.6 Å². The number of amides is 1. The van der Waals surface area contributed by atoms with Gasteiger partial charge in [0.1, 0.15) is 22.4 Å². The van der Waals surface area contributed by atoms with Crippen LogP contribution in [0.15, 0.2) is 52.9 Å². The van der Waals surface area contributed by atoms with E-state index in [1.807, 2.05) is 13.8 Å². The van der Waals surface area contributed by atoms with Crippen LogP contribution in [0.2, 0.25) is 0 Å². The summed E-state index contributed by atoms with van der Waals surface area (Å²) in [6, 6.07) is 9.63. The number of anilines is 2. The Morgan fingerprint density at radius 1 is 1.18 bits per heavy atom. The van der Waals surface area contributed by atoms with Crippen molar-refractivity contribution in [3.8, 4) is 5.75 Å². The molecule has 0 bridgehead atoms. The standard InChI is InChI=1S/C26H30FN5O6S2/c1-15(2)13-38-26(34)22-25(39-14-30-22)32(12-17-5-7-18(37-4)8-6-17)40(35,36)19-9-10-21(20(27)11-19)31-24(33)16(3)23(28)29/h5-11,14-16H,12-13H2,1-4H3,(H3,28,29)(H,31,33). The Labute approximate surface area is 235 Å². The molecular formula is C26H30FN5O6S2. The molecule has 3 aromatic rings. The highest BCUT2D eigenvalue weighted by atomic mass is 32.2. The number of nitrogens with two attached hydrogens (primary N) is 1. The number of sulfonamides is 1. The summed E-state index contributed by atoms with van der Waals surface area (Å²) in [5, 5.41) is 9.68. The first kappa shape index (κ1) is 30.5. The molecule has 0 fully saturated rings. The second-order valence-electron chi connectivity index (χ2n) is 9.17. The van der Waals surface area contributed by atoms with Crippen molar-refractivity contribution >= 4 is 49.8 Å². The van der Waals surface area contributed by atoms with E-state index in [-0.39, 0.29) is 35.5 Å². The summed E-state index contributed by atoms with van der Waals surface area (Å²) in [7, 11) is -2.97. The third kappa shape index (κ3) is 7.12. The smallest absolute Gasteiger partial charge is 0.360 e. The fourth-order valence-corrected chi connectivity index (χ4v) is 5.78. The predicted octanol–water partition coefficient (Wildman–Crippen LogP) is 4.01. The number of halogens is 1. The number of hydrogen-bond acceptors (Lipinski definition) is 9. The number of ether oxygens (including phenoxy) is 2. The maximum Gasteiger partial charge on any atom is 0.360 e. The molecule has 214 valence electrons. The average molecular weight is 592 g/mol. The zero-order chi connectivity index (χ0) is 29.6. The summed E-state index contributed by atoms with van der Waals surface area (Å²) in [5.41, 5.74) is 6.75. The molecule has 1 unspecified atom stereocenters. The second kappa shape index (κ2) is 12.9. The van der Waals surface area contributed by atoms with Gasteiger partial charge in [-0.05, 0) is 48.7 Å². The van der Waals surface area contributed by atoms with Gasteiger partial charge in [0.2, 0.25) is 5.91 Å². The molecule has 1 atom stereocenters. The fourth-order valence-electron chi connectivity index (χ4n) is 3.30. The normalized spacial score (nSPS) is 12.1. The van der Waals surface area contributed by atoms with Crippen LogP contribution in [0, 0.1) is 23.1 Å². The number of methoxy groups -OCH3 is 1. The molecule has 1 aromatic heterocycles. The maximum absolute atomic E-state index is 15.0. The highest BCUT2D eigenvalue weighted by Gasteiger charge is 2.32. The third-order valence-electron chi connectivity index (χ3n) is 5.65. The highest BCUT2D eigenvalue weighted by molar-refractivity contribution is 7.93. The van der Waals surface area contributed by atoms with Crippen molar-refractivity contribution < 1.29 is 31.9 Å². The molecule has 40 heavy (non-hydrogen) atoms. The zero-order valence-corrected chi connectivity index (χ0v) is 23.9. The number of amidine groups is 1. The van der Waals surface area contributed by atoms with E-state index in [1.165, 1.54) is 19.5 Å². The fraction of sp³-hybridized carbons (Fsp3) is 0.308. The van der Waals surface area contributed by atoms with Gasteiger partial charge < -0.3 is 20.5 Å². The molecule has 14 heteroatoms. The number of benzene rings is 2. The van der Waals surface area contributed by atoms with Crippen LogP contribution in [0.3, 0.4) is 0 Å². The Bertz CT molecular complexity index is 1490. The molecule has 2 aromatic carbocycles. The van der Waals surface area contributed by atoms with E-state index in [1.54, 1.807) is 24.3 Å². The lowest BCUT2D eigenvalue weighted by Crippen LogP contribution is -2.32. The molecule has 0 aliphatic carbocycles. The lowest BCUT2D eigenvalue weighted by atomic mass is 10.1. The quantitative estimate of drug-likeness (QED) is 0.161. The SMILES string of the molecule is COc1ccc(CN(c2scnc2C(=O)OCC(C)C)S(=O)(=O)c2ccc(NC(=O)C(C)C(=N)N)c(F)c2)cc1. The number of nitrogens with zero attached hydrogens (tertiary/aromatic N) is 2. The van der Waals surface area contributed by atoms with Gasteiger partial charge in [0, 0.05) is 0 Å². The summed E-state index contributed by atoms with van der Waals surface area (Å²) >= 11 is 0.918. The number of nitrogens with one attached hydrogen (secondary N) is 2. The molecule has 0 spiro atoms. The van der Waals surface area contributed by atoms with Gasteiger partial charge in [0.25, 0.3) is 10.0 Å². The first-order chi connectivity index (χ1) is 18.8. The van der Waals surface area contributed by atoms with Crippen molar-refractivity contribution in [2.24, 2.45) is 17.6 Å². The van der Waals surface area contributed by atoms with E-state index in [0.717, 1.165) is 33.8 Å². The van der Waals surface area contributed by atoms with Gasteiger partial charge in [0.05, 0.1) is 42.3 Å². The van der Waals surface area contributed by atoms with Crippen LogP contribution in [0.4, 0.5) is 15.1 Å². The summed E-state index contributed by atoms with van der Waals surface area (Å²) in [6.07, 6.45) is 0. The van der Waals surface area contributed by atoms with E-state index < -0.39 is 44.4 Å². The Hall–Kier alpha value is -4.04. The van der Waals surface area contributed by atoms with Gasteiger partial charge in [-0.1, -0.05) is 26.0 Å². The van der Waals surface area contributed by atoms with E-state index in [9.17, 15) is 18.0 Å². The topological polar surface area (TPSA) is 165 Å². The average Bonchev–Trinajstić information content (AvgIpc) is 3.40. The number of carbonyl (C=O) groups is 2. The summed E-state index contributed by atoms with van der Waals surface area (Å²) in [6.45, 7) is 5.00. The minimum Gasteiger partial charge on any atom is -0.497 e. The van der Waals surface area contributed by atoms with Crippen molar-refractivity contribution in [1.29, 1.82) is 5.41 Å². The predicted molar refractivity (Wildman–Crippen MR) is 150 cm³/mol. The third-order valence-corrected chi connectivity index (χ3v) is 8.35. The van der Waals surface area contributed by atoms with E-state index in [0.29, 0.717) is 11.3 Å². The molecule has 0 saturated heterocycles. The monoisotopic (exact) mass is 591 g/mol. The van der Waals surface area contributed by atoms with Crippen LogP contribution < -0.4 is 20.1 Å². The Morgan fingerprint density at radius 2 is 1.85 bits per heavy atom. The van der Waals surface area contributed by atoms with E-state index in [4.69, 9.17) is 20.6 Å². The maximum atomic E-state index is 15.0. The molecule has 1 heterocycles. The number of thiazole rings is 1. The van der Waals surface area contributed by atoms with Crippen LogP contribution in [0.5, 0.6) is 5.75 Å². The highest BCUT2D eigenvalue weighted by Crippen LogP contribution is 2.34. The largest absolute Gasteiger partial charge is 0.497 e. The molecule has 0 aliphatic rings. The van der Waals surface area contributed by atoms with Crippen molar-refractivity contribution in [3.63, 3.8) is 0 Å². The first-order valence-corrected chi connectivity index (χ1v) is 14.4. The van der Waals surface area contributed by atoms with Crippen LogP contribution >= 0.6 is 11.3 Å². The van der Waals surface area contributed by atoms with Crippen molar-refractivity contribution in [1.82, 2.24) is 4.98 Å². The number of esters is 1. The van der Waals surface area contributed by atoms with Gasteiger partial charge in [0.15, 0.2) is 5.69 Å². The molecule has 11 nitrogen and oxygen atoms in total. The van der Waals surface area contributed by atoms with Gasteiger partial charge in [-0.3, -0.25) is 14.5 Å². The Morgan fingerprint density at radius 3 is 2.42 bits per heavy atom. The molecule has 0 aliphatic heterocycles. The van der Waals surface area contributed by atoms with Gasteiger partial charge >= 0.3 is 5.97 Å². The van der Waals surface area contributed by atoms with E-state index >= 15 is 4.39 Å². The molecular weight excluding hydrogens is 561 g/mol. The lowest BCUT2D eigenvalue weighted by molar-refractivity contribution is -0.117. The number of rotatable bonds is 12. The summed E-state index contributed by atoms with van der Waals surface area (Å²) < 4.78 is 54.3. The molecule has 3 rings (SSSR count). The second-order valence-corrected chi connectivity index (χ2v) is 11.9. The number of aromatic nitrogens is 1. The summed E-state index contributed by atoms with van der Waals surface area (Å²) in [5.74, 6) is -3.34. The van der Waals surface area contributed by atoms with Crippen LogP contribution in [-0.4, -0.2) is 44.8 Å². The number of hydrogen-bond donors (Lipinski definition) is 3. The lowest BCUT2D eigenvalue weighted by Gasteiger charge is -2.24. The minimum atomic E-state index is -4.46. The Kier molecular flexibility index (Phi) is 9.82. The van der Waals surface area contributed by atoms with Crippen molar-refractivity contribution in [2.45, 2.75) is 32.2 Å². The van der Waals surface area contributed by atoms with Crippen molar-refractivity contribution in [3.05, 3.63) is 65.0 Å². The molecule has 0 radical (unpaired) electrons. The van der Waals surface area contributed by atoms with Crippen molar-refractivity contribution in [2.75, 3.05) is 23.3 Å². The molecule has 0 saturated carbocycles. The summed E-state index contributed by atoms with van der Waals surface area (Å²) in [4.78, 5) is 28.6. The van der Waals surface area contributed by atoms with Gasteiger partial charge in [-0.2, -0.15) is 0 Å². The van der Waals surface area contributed by atoms with Crippen LogP contribution in [0.1, 0.15) is 36.8 Å². The zero-order valence-electron chi connectivity index (χ0n) is 22.3. The van der Waals surface area contributed by atoms with Crippen LogP contribution in [0.25, 0.3) is 0 Å². The first-order valence-electron chi connectivity index (χ1n) is 12.1. The minimum absolute atomic E-state index is 0.00218. The Balaban J connectivity index is 2.03. The molecule has 4 N–H and O–H groups in total.